The summed E-state index contributed by atoms with van der Waals surface area (Å²) in [5.41, 5.74) is 2.90. The van der Waals surface area contributed by atoms with Crippen molar-refractivity contribution in [1.82, 2.24) is 5.32 Å². The molecular formula is C22H21N3O2S. The zero-order chi connectivity index (χ0) is 20.1. The summed E-state index contributed by atoms with van der Waals surface area (Å²) in [6, 6.07) is 19.3. The fourth-order valence-corrected chi connectivity index (χ4v) is 4.36. The van der Waals surface area contributed by atoms with Crippen molar-refractivity contribution in [3.63, 3.8) is 0 Å². The first-order valence-electron chi connectivity index (χ1n) is 9.09. The van der Waals surface area contributed by atoms with Crippen LogP contribution in [0.2, 0.25) is 0 Å². The molecule has 1 aliphatic heterocycles. The van der Waals surface area contributed by atoms with Gasteiger partial charge in [0.25, 0.3) is 5.91 Å². The number of anilines is 1. The summed E-state index contributed by atoms with van der Waals surface area (Å²) < 4.78 is 0. The summed E-state index contributed by atoms with van der Waals surface area (Å²) >= 11 is 1.28. The van der Waals surface area contributed by atoms with E-state index in [1.54, 1.807) is 12.1 Å². The molecule has 1 aliphatic rings. The van der Waals surface area contributed by atoms with E-state index < -0.39 is 11.2 Å². The number of hydrogen-bond donors (Lipinski definition) is 1. The second-order valence-electron chi connectivity index (χ2n) is 6.36. The average Bonchev–Trinajstić information content (AvgIpc) is 3.05. The fraction of sp³-hybridized carbons (Fsp3) is 0.227. The van der Waals surface area contributed by atoms with Crippen molar-refractivity contribution < 1.29 is 9.59 Å². The SMILES string of the molecule is CCc1ccc(C[C@H]2S/C(=C(/C#N)C(=O)NC)N(c3ccccc3)C2=O)cc1. The predicted molar refractivity (Wildman–Crippen MR) is 112 cm³/mol. The number of rotatable bonds is 5. The van der Waals surface area contributed by atoms with E-state index in [9.17, 15) is 14.9 Å². The molecule has 2 aromatic rings. The molecule has 1 heterocycles. The van der Waals surface area contributed by atoms with Crippen molar-refractivity contribution in [2.24, 2.45) is 0 Å². The van der Waals surface area contributed by atoms with Gasteiger partial charge in [0.2, 0.25) is 5.91 Å². The summed E-state index contributed by atoms with van der Waals surface area (Å²) in [5.74, 6) is -0.617. The lowest BCUT2D eigenvalue weighted by atomic mass is 10.1. The number of aryl methyl sites for hydroxylation is 1. The summed E-state index contributed by atoms with van der Waals surface area (Å²) in [4.78, 5) is 26.9. The van der Waals surface area contributed by atoms with E-state index in [-0.39, 0.29) is 11.5 Å². The quantitative estimate of drug-likeness (QED) is 0.626. The predicted octanol–water partition coefficient (Wildman–Crippen LogP) is 3.42. The van der Waals surface area contributed by atoms with Crippen molar-refractivity contribution in [3.8, 4) is 6.07 Å². The van der Waals surface area contributed by atoms with E-state index in [1.807, 2.05) is 36.4 Å². The maximum absolute atomic E-state index is 13.2. The van der Waals surface area contributed by atoms with Gasteiger partial charge in [-0.25, -0.2) is 0 Å². The van der Waals surface area contributed by atoms with Gasteiger partial charge in [0.05, 0.1) is 5.25 Å². The van der Waals surface area contributed by atoms with Gasteiger partial charge in [-0.3, -0.25) is 14.5 Å². The van der Waals surface area contributed by atoms with E-state index >= 15 is 0 Å². The van der Waals surface area contributed by atoms with Crippen molar-refractivity contribution in [3.05, 3.63) is 76.3 Å². The molecular weight excluding hydrogens is 370 g/mol. The van der Waals surface area contributed by atoms with Gasteiger partial charge in [-0.15, -0.1) is 0 Å². The summed E-state index contributed by atoms with van der Waals surface area (Å²) in [6.07, 6.45) is 1.50. The summed E-state index contributed by atoms with van der Waals surface area (Å²) in [5, 5.41) is 12.0. The number of carbonyl (C=O) groups is 2. The normalized spacial score (nSPS) is 18.0. The van der Waals surface area contributed by atoms with Crippen LogP contribution >= 0.6 is 11.8 Å². The first kappa shape index (κ1) is 19.7. The highest BCUT2D eigenvalue weighted by molar-refractivity contribution is 8.05. The zero-order valence-corrected chi connectivity index (χ0v) is 16.6. The minimum atomic E-state index is -0.494. The summed E-state index contributed by atoms with van der Waals surface area (Å²) in [6.45, 7) is 2.10. The van der Waals surface area contributed by atoms with Crippen molar-refractivity contribution in [2.45, 2.75) is 25.0 Å². The Morgan fingerprint density at radius 1 is 1.14 bits per heavy atom. The molecule has 5 nitrogen and oxygen atoms in total. The molecule has 0 aliphatic carbocycles. The number of amides is 2. The van der Waals surface area contributed by atoms with E-state index in [1.165, 1.54) is 29.3 Å². The number of nitrogens with one attached hydrogen (secondary N) is 1. The molecule has 28 heavy (non-hydrogen) atoms. The molecule has 3 rings (SSSR count). The van der Waals surface area contributed by atoms with Crippen LogP contribution in [-0.4, -0.2) is 24.1 Å². The Balaban J connectivity index is 1.98. The Kier molecular flexibility index (Phi) is 6.17. The molecule has 2 aromatic carbocycles. The van der Waals surface area contributed by atoms with E-state index in [4.69, 9.17) is 0 Å². The van der Waals surface area contributed by atoms with E-state index in [0.29, 0.717) is 17.1 Å². The van der Waals surface area contributed by atoms with Crippen molar-refractivity contribution >= 4 is 29.3 Å². The molecule has 1 atom stereocenters. The first-order valence-corrected chi connectivity index (χ1v) is 9.97. The molecule has 0 saturated carbocycles. The maximum atomic E-state index is 13.2. The first-order chi connectivity index (χ1) is 13.6. The third-order valence-corrected chi connectivity index (χ3v) is 5.86. The number of carbonyl (C=O) groups excluding carboxylic acids is 2. The molecule has 1 saturated heterocycles. The highest BCUT2D eigenvalue weighted by Crippen LogP contribution is 2.41. The number of nitrogens with zero attached hydrogens (tertiary/aromatic N) is 2. The van der Waals surface area contributed by atoms with Gasteiger partial charge in [-0.05, 0) is 36.1 Å². The smallest absolute Gasteiger partial charge is 0.264 e. The van der Waals surface area contributed by atoms with Crippen LogP contribution in [0.25, 0.3) is 0 Å². The molecule has 2 amide bonds. The highest BCUT2D eigenvalue weighted by Gasteiger charge is 2.40. The second-order valence-corrected chi connectivity index (χ2v) is 7.55. The molecule has 0 unspecified atom stereocenters. The minimum Gasteiger partial charge on any atom is -0.354 e. The van der Waals surface area contributed by atoms with Crippen molar-refractivity contribution in [2.75, 3.05) is 11.9 Å². The minimum absolute atomic E-state index is 0.0477. The number of benzene rings is 2. The topological polar surface area (TPSA) is 73.2 Å². The monoisotopic (exact) mass is 391 g/mol. The lowest BCUT2D eigenvalue weighted by Crippen LogP contribution is -2.31. The maximum Gasteiger partial charge on any atom is 0.264 e. The standard InChI is InChI=1S/C22H21N3O2S/c1-3-15-9-11-16(12-10-15)13-19-21(27)25(17-7-5-4-6-8-17)22(28-19)18(14-23)20(26)24-2/h4-12,19H,3,13H2,1-2H3,(H,24,26)/b22-18-/t19-/m1/s1. The molecule has 6 heteroatoms. The summed E-state index contributed by atoms with van der Waals surface area (Å²) in [7, 11) is 1.47. The van der Waals surface area contributed by atoms with Gasteiger partial charge >= 0.3 is 0 Å². The molecule has 0 radical (unpaired) electrons. The molecule has 1 fully saturated rings. The lowest BCUT2D eigenvalue weighted by Gasteiger charge is -2.18. The average molecular weight is 391 g/mol. The van der Waals surface area contributed by atoms with Crippen LogP contribution in [0.3, 0.4) is 0 Å². The Morgan fingerprint density at radius 3 is 2.36 bits per heavy atom. The Hall–Kier alpha value is -3.04. The third-order valence-electron chi connectivity index (χ3n) is 4.60. The molecule has 1 N–H and O–H groups in total. The van der Waals surface area contributed by atoms with Crippen LogP contribution < -0.4 is 10.2 Å². The number of thioether (sulfide) groups is 1. The zero-order valence-electron chi connectivity index (χ0n) is 15.8. The van der Waals surface area contributed by atoms with E-state index in [2.05, 4.69) is 24.4 Å². The molecule has 0 spiro atoms. The second kappa shape index (κ2) is 8.77. The van der Waals surface area contributed by atoms with Crippen LogP contribution in [-0.2, 0) is 22.4 Å². The van der Waals surface area contributed by atoms with Gasteiger partial charge in [0.15, 0.2) is 0 Å². The van der Waals surface area contributed by atoms with Gasteiger partial charge in [0, 0.05) is 12.7 Å². The lowest BCUT2D eigenvalue weighted by molar-refractivity contribution is -0.117. The van der Waals surface area contributed by atoms with Gasteiger partial charge in [-0.1, -0.05) is 61.2 Å². The number of para-hydroxylation sites is 1. The fourth-order valence-electron chi connectivity index (χ4n) is 3.05. The van der Waals surface area contributed by atoms with Crippen molar-refractivity contribution in [1.29, 1.82) is 5.26 Å². The van der Waals surface area contributed by atoms with Crippen LogP contribution in [0.15, 0.2) is 65.2 Å². The Labute approximate surface area is 169 Å². The largest absolute Gasteiger partial charge is 0.354 e. The third kappa shape index (κ3) is 3.95. The molecule has 0 bridgehead atoms. The van der Waals surface area contributed by atoms with Gasteiger partial charge < -0.3 is 5.32 Å². The number of hydrogen-bond acceptors (Lipinski definition) is 4. The van der Waals surface area contributed by atoms with E-state index in [0.717, 1.165) is 12.0 Å². The highest BCUT2D eigenvalue weighted by atomic mass is 32.2. The van der Waals surface area contributed by atoms with Crippen LogP contribution in [0.4, 0.5) is 5.69 Å². The molecule has 142 valence electrons. The Morgan fingerprint density at radius 2 is 1.79 bits per heavy atom. The number of likely N-dealkylation sites (N-methyl/N-ethyl adjacent to an activating group) is 1. The molecule has 0 aromatic heterocycles. The van der Waals surface area contributed by atoms with Gasteiger partial charge in [0.1, 0.15) is 16.7 Å². The van der Waals surface area contributed by atoms with Crippen LogP contribution in [0, 0.1) is 11.3 Å². The Bertz CT molecular complexity index is 946. The van der Waals surface area contributed by atoms with Crippen LogP contribution in [0.1, 0.15) is 18.1 Å². The number of nitriles is 1. The van der Waals surface area contributed by atoms with Gasteiger partial charge in [-0.2, -0.15) is 5.26 Å². The van der Waals surface area contributed by atoms with Crippen LogP contribution in [0.5, 0.6) is 0 Å².